The molecule has 0 aliphatic rings. The van der Waals surface area contributed by atoms with Crippen LogP contribution in [0, 0.1) is 11.3 Å². The molecule has 0 bridgehead atoms. The average molecular weight is 257 g/mol. The van der Waals surface area contributed by atoms with Crippen LogP contribution in [-0.2, 0) is 0 Å². The molecule has 0 fully saturated rings. The number of rotatable bonds is 10. The molecule has 0 saturated heterocycles. The van der Waals surface area contributed by atoms with Crippen LogP contribution >= 0.6 is 0 Å². The van der Waals surface area contributed by atoms with Gasteiger partial charge in [-0.25, -0.2) is 0 Å². The smallest absolute Gasteiger partial charge is 0.0109 e. The SMILES string of the molecule is CCC(CC)(CN)CN(CCN(C)C)CC(C)C. The van der Waals surface area contributed by atoms with Crippen molar-refractivity contribution in [3.8, 4) is 0 Å². The second-order valence-electron chi connectivity index (χ2n) is 6.34. The summed E-state index contributed by atoms with van der Waals surface area (Å²) in [6.07, 6.45) is 2.35. The molecule has 0 aromatic carbocycles. The van der Waals surface area contributed by atoms with Crippen LogP contribution in [0.4, 0.5) is 0 Å². The van der Waals surface area contributed by atoms with Crippen molar-refractivity contribution in [2.45, 2.75) is 40.5 Å². The van der Waals surface area contributed by atoms with Gasteiger partial charge in [0.2, 0.25) is 0 Å². The summed E-state index contributed by atoms with van der Waals surface area (Å²) < 4.78 is 0. The quantitative estimate of drug-likeness (QED) is 0.652. The van der Waals surface area contributed by atoms with E-state index in [4.69, 9.17) is 5.73 Å². The molecule has 18 heavy (non-hydrogen) atoms. The van der Waals surface area contributed by atoms with Gasteiger partial charge in [-0.3, -0.25) is 0 Å². The molecule has 0 radical (unpaired) electrons. The number of hydrogen-bond donors (Lipinski definition) is 1. The first-order valence-electron chi connectivity index (χ1n) is 7.46. The molecular weight excluding hydrogens is 222 g/mol. The highest BCUT2D eigenvalue weighted by atomic mass is 15.2. The van der Waals surface area contributed by atoms with Gasteiger partial charge in [0, 0.05) is 26.2 Å². The van der Waals surface area contributed by atoms with E-state index in [-0.39, 0.29) is 0 Å². The van der Waals surface area contributed by atoms with E-state index in [0.717, 1.165) is 32.1 Å². The van der Waals surface area contributed by atoms with Crippen molar-refractivity contribution in [2.75, 3.05) is 46.8 Å². The van der Waals surface area contributed by atoms with E-state index >= 15 is 0 Å². The largest absolute Gasteiger partial charge is 0.330 e. The van der Waals surface area contributed by atoms with Crippen molar-refractivity contribution in [1.29, 1.82) is 0 Å². The Hall–Kier alpha value is -0.120. The molecule has 0 amide bonds. The van der Waals surface area contributed by atoms with Crippen molar-refractivity contribution in [2.24, 2.45) is 17.1 Å². The van der Waals surface area contributed by atoms with Crippen LogP contribution in [0.2, 0.25) is 0 Å². The Morgan fingerprint density at radius 3 is 1.94 bits per heavy atom. The van der Waals surface area contributed by atoms with Gasteiger partial charge in [0.25, 0.3) is 0 Å². The average Bonchev–Trinajstić information content (AvgIpc) is 2.32. The van der Waals surface area contributed by atoms with E-state index in [1.807, 2.05) is 0 Å². The third-order valence-corrected chi connectivity index (χ3v) is 3.98. The maximum absolute atomic E-state index is 6.03. The van der Waals surface area contributed by atoms with Gasteiger partial charge in [0.1, 0.15) is 0 Å². The lowest BCUT2D eigenvalue weighted by Gasteiger charge is -2.37. The molecule has 0 heterocycles. The van der Waals surface area contributed by atoms with Crippen molar-refractivity contribution in [1.82, 2.24) is 9.80 Å². The van der Waals surface area contributed by atoms with Crippen LogP contribution in [-0.4, -0.2) is 56.6 Å². The Bertz CT molecular complexity index is 190. The fraction of sp³-hybridized carbons (Fsp3) is 1.00. The highest BCUT2D eigenvalue weighted by molar-refractivity contribution is 4.82. The third-order valence-electron chi connectivity index (χ3n) is 3.98. The number of nitrogens with two attached hydrogens (primary N) is 1. The standard InChI is InChI=1S/C15H35N3/c1-7-15(8-2,12-16)13-18(11-14(3)4)10-9-17(5)6/h14H,7-13,16H2,1-6H3. The Kier molecular flexibility index (Phi) is 8.83. The van der Waals surface area contributed by atoms with Crippen molar-refractivity contribution in [3.63, 3.8) is 0 Å². The van der Waals surface area contributed by atoms with Crippen molar-refractivity contribution >= 4 is 0 Å². The Morgan fingerprint density at radius 2 is 1.61 bits per heavy atom. The summed E-state index contributed by atoms with van der Waals surface area (Å²) in [4.78, 5) is 4.86. The summed E-state index contributed by atoms with van der Waals surface area (Å²) in [5.74, 6) is 0.719. The number of nitrogens with zero attached hydrogens (tertiary/aromatic N) is 2. The first-order valence-corrected chi connectivity index (χ1v) is 7.46. The summed E-state index contributed by atoms with van der Waals surface area (Å²) in [7, 11) is 4.28. The van der Waals surface area contributed by atoms with Gasteiger partial charge in [-0.2, -0.15) is 0 Å². The zero-order valence-corrected chi connectivity index (χ0v) is 13.5. The van der Waals surface area contributed by atoms with Crippen LogP contribution < -0.4 is 5.73 Å². The minimum Gasteiger partial charge on any atom is -0.330 e. The van der Waals surface area contributed by atoms with Gasteiger partial charge < -0.3 is 15.5 Å². The molecule has 0 aromatic heterocycles. The summed E-state index contributed by atoms with van der Waals surface area (Å²) in [5.41, 5.74) is 6.33. The third kappa shape index (κ3) is 6.72. The summed E-state index contributed by atoms with van der Waals surface area (Å²) >= 11 is 0. The van der Waals surface area contributed by atoms with Crippen molar-refractivity contribution < 1.29 is 0 Å². The summed E-state index contributed by atoms with van der Waals surface area (Å²) in [6, 6.07) is 0. The number of hydrogen-bond acceptors (Lipinski definition) is 3. The predicted molar refractivity (Wildman–Crippen MR) is 81.9 cm³/mol. The first kappa shape index (κ1) is 17.9. The number of likely N-dealkylation sites (N-methyl/N-ethyl adjacent to an activating group) is 1. The lowest BCUT2D eigenvalue weighted by molar-refractivity contribution is 0.124. The lowest BCUT2D eigenvalue weighted by Crippen LogP contribution is -2.45. The first-order chi connectivity index (χ1) is 8.39. The minimum absolute atomic E-state index is 0.307. The molecule has 0 rings (SSSR count). The molecule has 3 heteroatoms. The normalized spacial score (nSPS) is 13.0. The van der Waals surface area contributed by atoms with Crippen LogP contribution in [0.3, 0.4) is 0 Å². The molecule has 2 N–H and O–H groups in total. The highest BCUT2D eigenvalue weighted by Gasteiger charge is 2.27. The van der Waals surface area contributed by atoms with Gasteiger partial charge >= 0.3 is 0 Å². The molecule has 3 nitrogen and oxygen atoms in total. The fourth-order valence-corrected chi connectivity index (χ4v) is 2.39. The van der Waals surface area contributed by atoms with E-state index < -0.39 is 0 Å². The maximum atomic E-state index is 6.03. The van der Waals surface area contributed by atoms with E-state index in [1.165, 1.54) is 19.4 Å². The zero-order chi connectivity index (χ0) is 14.2. The molecule has 0 atom stereocenters. The fourth-order valence-electron chi connectivity index (χ4n) is 2.39. The Morgan fingerprint density at radius 1 is 1.06 bits per heavy atom. The summed E-state index contributed by atoms with van der Waals surface area (Å²) in [6.45, 7) is 14.5. The van der Waals surface area contributed by atoms with E-state index in [1.54, 1.807) is 0 Å². The van der Waals surface area contributed by atoms with Gasteiger partial charge in [-0.1, -0.05) is 27.7 Å². The minimum atomic E-state index is 0.307. The predicted octanol–water partition coefficient (Wildman–Crippen LogP) is 2.27. The molecular formula is C15H35N3. The van der Waals surface area contributed by atoms with E-state index in [0.29, 0.717) is 5.41 Å². The summed E-state index contributed by atoms with van der Waals surface area (Å²) in [5, 5.41) is 0. The Balaban J connectivity index is 4.53. The van der Waals surface area contributed by atoms with Gasteiger partial charge in [0.05, 0.1) is 0 Å². The van der Waals surface area contributed by atoms with Crippen LogP contribution in [0.15, 0.2) is 0 Å². The molecule has 0 spiro atoms. The maximum Gasteiger partial charge on any atom is 0.0109 e. The van der Waals surface area contributed by atoms with Gasteiger partial charge in [-0.15, -0.1) is 0 Å². The second kappa shape index (κ2) is 8.89. The lowest BCUT2D eigenvalue weighted by atomic mass is 9.81. The second-order valence-corrected chi connectivity index (χ2v) is 6.34. The molecule has 0 aliphatic heterocycles. The molecule has 110 valence electrons. The van der Waals surface area contributed by atoms with Crippen LogP contribution in [0.5, 0.6) is 0 Å². The Labute approximate surface area is 115 Å². The van der Waals surface area contributed by atoms with E-state index in [2.05, 4.69) is 51.6 Å². The zero-order valence-electron chi connectivity index (χ0n) is 13.5. The molecule has 0 saturated carbocycles. The van der Waals surface area contributed by atoms with E-state index in [9.17, 15) is 0 Å². The van der Waals surface area contributed by atoms with Crippen LogP contribution in [0.25, 0.3) is 0 Å². The topological polar surface area (TPSA) is 32.5 Å². The van der Waals surface area contributed by atoms with Crippen molar-refractivity contribution in [3.05, 3.63) is 0 Å². The van der Waals surface area contributed by atoms with Gasteiger partial charge in [-0.05, 0) is 44.8 Å². The molecule has 0 aromatic rings. The molecule has 0 unspecified atom stereocenters. The molecule has 0 aliphatic carbocycles. The van der Waals surface area contributed by atoms with Gasteiger partial charge in [0.15, 0.2) is 0 Å². The highest BCUT2D eigenvalue weighted by Crippen LogP contribution is 2.26. The van der Waals surface area contributed by atoms with Crippen LogP contribution in [0.1, 0.15) is 40.5 Å². The monoisotopic (exact) mass is 257 g/mol.